The summed E-state index contributed by atoms with van der Waals surface area (Å²) in [4.78, 5) is 17.5. The van der Waals surface area contributed by atoms with Crippen LogP contribution < -0.4 is 0 Å². The summed E-state index contributed by atoms with van der Waals surface area (Å²) < 4.78 is 13.8. The van der Waals surface area contributed by atoms with Crippen molar-refractivity contribution in [2.24, 2.45) is 4.99 Å². The Morgan fingerprint density at radius 2 is 1.94 bits per heavy atom. The van der Waals surface area contributed by atoms with Crippen molar-refractivity contribution in [2.45, 2.75) is 13.8 Å². The SMILES string of the molecule is CCN(CC)C([Se])=NC(=O)c1ccccc1F. The van der Waals surface area contributed by atoms with Gasteiger partial charge in [-0.25, -0.2) is 0 Å². The van der Waals surface area contributed by atoms with Crippen LogP contribution >= 0.6 is 0 Å². The third-order valence-corrected chi connectivity index (χ3v) is 3.07. The molecule has 0 aliphatic heterocycles. The number of carbonyl (C=O) groups is 1. The van der Waals surface area contributed by atoms with Crippen LogP contribution in [0.1, 0.15) is 24.2 Å². The van der Waals surface area contributed by atoms with Gasteiger partial charge < -0.3 is 0 Å². The van der Waals surface area contributed by atoms with Gasteiger partial charge >= 0.3 is 108 Å². The minimum atomic E-state index is -0.566. The van der Waals surface area contributed by atoms with Gasteiger partial charge in [0.05, 0.1) is 0 Å². The molecule has 0 aliphatic carbocycles. The molecule has 0 N–H and O–H groups in total. The summed E-state index contributed by atoms with van der Waals surface area (Å²) >= 11 is 2.73. The summed E-state index contributed by atoms with van der Waals surface area (Å²) in [6.45, 7) is 5.41. The Morgan fingerprint density at radius 3 is 2.47 bits per heavy atom. The van der Waals surface area contributed by atoms with Crippen molar-refractivity contribution in [1.82, 2.24) is 4.90 Å². The van der Waals surface area contributed by atoms with E-state index < -0.39 is 11.7 Å². The van der Waals surface area contributed by atoms with Crippen LogP contribution in [0.25, 0.3) is 0 Å². The summed E-state index contributed by atoms with van der Waals surface area (Å²) in [7, 11) is 0. The molecule has 0 unspecified atom stereocenters. The molecule has 17 heavy (non-hydrogen) atoms. The second kappa shape index (κ2) is 6.52. The van der Waals surface area contributed by atoms with Crippen LogP contribution in [0, 0.1) is 5.82 Å². The van der Waals surface area contributed by atoms with Crippen LogP contribution in [0.2, 0.25) is 0 Å². The van der Waals surface area contributed by atoms with E-state index in [1.54, 1.807) is 12.1 Å². The molecule has 1 amide bonds. The second-order valence-electron chi connectivity index (χ2n) is 3.35. The van der Waals surface area contributed by atoms with Gasteiger partial charge in [-0.05, 0) is 0 Å². The average Bonchev–Trinajstić information content (AvgIpc) is 2.31. The van der Waals surface area contributed by atoms with E-state index in [9.17, 15) is 9.18 Å². The van der Waals surface area contributed by atoms with Gasteiger partial charge in [0.2, 0.25) is 0 Å². The average molecular weight is 300 g/mol. The van der Waals surface area contributed by atoms with Crippen LogP contribution in [-0.2, 0) is 0 Å². The first-order valence-electron chi connectivity index (χ1n) is 5.39. The van der Waals surface area contributed by atoms with Crippen molar-refractivity contribution in [3.05, 3.63) is 35.6 Å². The van der Waals surface area contributed by atoms with E-state index in [0.717, 1.165) is 13.1 Å². The molecule has 5 heteroatoms. The first-order chi connectivity index (χ1) is 8.10. The number of nitrogens with zero attached hydrogens (tertiary/aromatic N) is 2. The Balaban J connectivity index is 2.92. The number of rotatable bonds is 3. The van der Waals surface area contributed by atoms with Gasteiger partial charge in [0.15, 0.2) is 0 Å². The van der Waals surface area contributed by atoms with Gasteiger partial charge in [0.1, 0.15) is 0 Å². The van der Waals surface area contributed by atoms with Gasteiger partial charge in [-0.2, -0.15) is 0 Å². The molecule has 0 aliphatic rings. The fourth-order valence-corrected chi connectivity index (χ4v) is 2.06. The topological polar surface area (TPSA) is 32.7 Å². The predicted molar refractivity (Wildman–Crippen MR) is 66.8 cm³/mol. The van der Waals surface area contributed by atoms with E-state index >= 15 is 0 Å². The molecule has 0 fully saturated rings. The summed E-state index contributed by atoms with van der Waals surface area (Å²) in [5, 5.41) is 0. The number of carbonyl (C=O) groups excluding carboxylic acids is 1. The molecule has 91 valence electrons. The number of hydrogen-bond acceptors (Lipinski definition) is 1. The van der Waals surface area contributed by atoms with E-state index in [0.29, 0.717) is 4.73 Å². The first-order valence-corrected chi connectivity index (χ1v) is 6.25. The number of amides is 1. The molecule has 0 aromatic heterocycles. The summed E-state index contributed by atoms with van der Waals surface area (Å²) in [6.07, 6.45) is 0. The zero-order valence-electron chi connectivity index (χ0n) is 9.81. The zero-order chi connectivity index (χ0) is 12.8. The van der Waals surface area contributed by atoms with E-state index in [-0.39, 0.29) is 5.56 Å². The molecule has 3 nitrogen and oxygen atoms in total. The number of halogens is 1. The Kier molecular flexibility index (Phi) is 5.32. The molecule has 0 atom stereocenters. The molecule has 1 aromatic rings. The number of benzene rings is 1. The Morgan fingerprint density at radius 1 is 1.35 bits per heavy atom. The summed E-state index contributed by atoms with van der Waals surface area (Å²) in [5.41, 5.74) is -0.00703. The standard InChI is InChI=1S/C12H14FN2OSe/c1-3-15(4-2)12(17)14-11(16)9-7-5-6-8-10(9)13/h5-8H,3-4H2,1-2H3. The number of amidine groups is 1. The van der Waals surface area contributed by atoms with E-state index in [4.69, 9.17) is 0 Å². The van der Waals surface area contributed by atoms with Crippen LogP contribution in [0.5, 0.6) is 0 Å². The molecule has 0 saturated carbocycles. The summed E-state index contributed by atoms with van der Waals surface area (Å²) in [5.74, 6) is -1.11. The maximum absolute atomic E-state index is 13.3. The van der Waals surface area contributed by atoms with Crippen LogP contribution in [-0.4, -0.2) is 44.6 Å². The fraction of sp³-hybridized carbons (Fsp3) is 0.333. The Hall–Kier alpha value is -1.19. The molecule has 1 aromatic carbocycles. The molecule has 0 spiro atoms. The van der Waals surface area contributed by atoms with Gasteiger partial charge in [-0.15, -0.1) is 0 Å². The van der Waals surface area contributed by atoms with Crippen LogP contribution in [0.4, 0.5) is 4.39 Å². The van der Waals surface area contributed by atoms with E-state index in [1.165, 1.54) is 12.1 Å². The van der Waals surface area contributed by atoms with Crippen molar-refractivity contribution < 1.29 is 9.18 Å². The van der Waals surface area contributed by atoms with Crippen molar-refractivity contribution in [3.8, 4) is 0 Å². The van der Waals surface area contributed by atoms with Crippen LogP contribution in [0.15, 0.2) is 29.3 Å². The molecule has 0 heterocycles. The first kappa shape index (κ1) is 13.9. The zero-order valence-corrected chi connectivity index (χ0v) is 11.5. The predicted octanol–water partition coefficient (Wildman–Crippen LogP) is 1.83. The van der Waals surface area contributed by atoms with E-state index in [2.05, 4.69) is 21.0 Å². The monoisotopic (exact) mass is 301 g/mol. The number of hydrogen-bond donors (Lipinski definition) is 0. The van der Waals surface area contributed by atoms with Crippen molar-refractivity contribution in [3.63, 3.8) is 0 Å². The molecule has 0 saturated heterocycles. The molecule has 1 rings (SSSR count). The molecular weight excluding hydrogens is 286 g/mol. The molecular formula is C12H14FN2OSe. The molecule has 0 bridgehead atoms. The normalized spacial score (nSPS) is 11.4. The van der Waals surface area contributed by atoms with Crippen molar-refractivity contribution >= 4 is 26.7 Å². The molecule has 1 radical (unpaired) electrons. The third kappa shape index (κ3) is 3.65. The fourth-order valence-electron chi connectivity index (χ4n) is 1.35. The van der Waals surface area contributed by atoms with Crippen molar-refractivity contribution in [2.75, 3.05) is 13.1 Å². The van der Waals surface area contributed by atoms with Gasteiger partial charge in [0.25, 0.3) is 0 Å². The Labute approximate surface area is 109 Å². The maximum atomic E-state index is 13.3. The van der Waals surface area contributed by atoms with Crippen molar-refractivity contribution in [1.29, 1.82) is 0 Å². The second-order valence-corrected chi connectivity index (χ2v) is 4.12. The van der Waals surface area contributed by atoms with Gasteiger partial charge in [-0.1, -0.05) is 0 Å². The van der Waals surface area contributed by atoms with Crippen LogP contribution in [0.3, 0.4) is 0 Å². The third-order valence-electron chi connectivity index (χ3n) is 2.34. The summed E-state index contributed by atoms with van der Waals surface area (Å²) in [6, 6.07) is 5.83. The van der Waals surface area contributed by atoms with Gasteiger partial charge in [-0.3, -0.25) is 0 Å². The van der Waals surface area contributed by atoms with Gasteiger partial charge in [0, 0.05) is 0 Å². The van der Waals surface area contributed by atoms with E-state index in [1.807, 2.05) is 18.7 Å². The quantitative estimate of drug-likeness (QED) is 0.485. The Bertz CT molecular complexity index is 430. The minimum absolute atomic E-state index is 0.00703. The number of aliphatic imine (C=N–C) groups is 1.